The smallest absolute Gasteiger partial charge is 0.480 e. The molecule has 0 saturated carbocycles. The molecule has 0 aliphatic carbocycles. The Kier molecular flexibility index (Phi) is 55.5. The first-order valence-electron chi connectivity index (χ1n) is 48.2. The molecule has 145 heavy (non-hydrogen) atoms. The Bertz CT molecular complexity index is 4940. The molecule has 5 aromatic rings. The number of aromatic nitrogens is 3. The molecule has 9 heterocycles. The van der Waals surface area contributed by atoms with Crippen molar-refractivity contribution < 1.29 is 122 Å². The second-order valence-electron chi connectivity index (χ2n) is 38.6. The van der Waals surface area contributed by atoms with Crippen molar-refractivity contribution in [2.45, 2.75) is 276 Å². The topological polar surface area (TPSA) is 418 Å². The molecule has 6 aliphatic rings. The number of urea groups is 2. The molecule has 3 aromatic heterocycles. The van der Waals surface area contributed by atoms with Crippen molar-refractivity contribution in [2.24, 2.45) is 23.5 Å². The number of benzene rings is 2. The van der Waals surface area contributed by atoms with Crippen molar-refractivity contribution in [3.63, 3.8) is 0 Å². The van der Waals surface area contributed by atoms with Gasteiger partial charge in [0, 0.05) is 140 Å². The predicted octanol–water partition coefficient (Wildman–Crippen LogP) is 19.2. The number of carbonyl (C=O) groups is 10. The van der Waals surface area contributed by atoms with Crippen molar-refractivity contribution in [3.8, 4) is 11.1 Å². The van der Waals surface area contributed by atoms with Crippen molar-refractivity contribution in [1.82, 2.24) is 35.4 Å². The Balaban J connectivity index is 0.000000452. The molecule has 6 saturated heterocycles. The van der Waals surface area contributed by atoms with Crippen LogP contribution in [0, 0.1) is 44.7 Å². The van der Waals surface area contributed by atoms with Crippen LogP contribution in [0.5, 0.6) is 0 Å². The molecule has 6 amide bonds. The molecule has 34 nitrogen and oxygen atoms in total. The highest BCUT2D eigenvalue weighted by Gasteiger charge is 2.52. The lowest BCUT2D eigenvalue weighted by molar-refractivity contribution is -0.144. The summed E-state index contributed by atoms with van der Waals surface area (Å²) in [5.41, 5.74) is 7.98. The lowest BCUT2D eigenvalue weighted by Crippen LogP contribution is -2.41. The summed E-state index contributed by atoms with van der Waals surface area (Å²) in [6.07, 6.45) is -8.82. The standard InChI is InChI=1S/C28H36F3N5O3.C20H28BF3N2O3.C14H20IN3O2.C10H19NO3.C9H10FIN2O.C8H15NO4.C5H9ClO2.C5H11NO.ClH/c1-4-24(37)19(3)32-25-13-21(14-26(34-25)35-9-11-39-12-10-35)23-15-22(6-5-18(23)2)33-27(38)36-8-7-20(17-36)16-28(29,30)31;1-13-6-7-15(10-16(13)21-28-18(2,3)19(4,5)29-21)25-17(27)26-9-8-14(12-26)11-20(22,23)24;1-3-12(19)10(2)16-13-8-11(15)9-14(17-13)18-4-6-20-7-5-18;1-6-8(12)7(2)11-9(13)14-10(3,4)5;10-8-5-7(11)6-9(12-8)13-1-3-14-4-2-13;1-5(6(10)11)9-7(12)13-8(2,3)4;1-4(2)3-8-5(6)7;1-3-5(7)4(2)6;/h5-6,13-15,19-20H,4,7-12,16-17H2,1-3H3,(H,32,34)(H,33,38);6-7,10,14H,8-9,11-12H2,1-5H3,(H,25,27);8-10H,3-7H2,1-2H3,(H,16,17);7H,6H2,1-5H3,(H,11,13);5-6H,1-4H2;5H,1-4H3,(H,9,12)(H,10,11);4H,3H2,1-2H3;4H,3,6H2,1-2H3;1H/t19-,20+;14-;10-;7-;;5-;;4-;/m1011.1.1./s1. The van der Waals surface area contributed by atoms with Gasteiger partial charge in [0.15, 0.2) is 17.3 Å². The van der Waals surface area contributed by atoms with E-state index in [-0.39, 0.29) is 60.7 Å². The van der Waals surface area contributed by atoms with E-state index in [1.807, 2.05) is 137 Å². The molecule has 9 N–H and O–H groups in total. The molecule has 11 rings (SSSR count). The Hall–Kier alpha value is -9.04. The molecule has 814 valence electrons. The fourth-order valence-electron chi connectivity index (χ4n) is 14.2. The first-order valence-corrected chi connectivity index (χ1v) is 50.7. The van der Waals surface area contributed by atoms with Crippen LogP contribution in [0.25, 0.3) is 11.1 Å². The van der Waals surface area contributed by atoms with Crippen LogP contribution in [0.3, 0.4) is 0 Å². The summed E-state index contributed by atoms with van der Waals surface area (Å²) in [5.74, 6) is 1.86. The maximum absolute atomic E-state index is 13.0. The molecule has 6 fully saturated rings. The summed E-state index contributed by atoms with van der Waals surface area (Å²) in [4.78, 5) is 136. The number of nitrogens with two attached hydrogens (primary N) is 1. The highest BCUT2D eigenvalue weighted by Crippen LogP contribution is 2.39. The number of rotatable bonds is 26. The van der Waals surface area contributed by atoms with Gasteiger partial charge in [-0.2, -0.15) is 30.7 Å². The van der Waals surface area contributed by atoms with E-state index in [1.165, 1.54) is 22.8 Å². The van der Waals surface area contributed by atoms with Crippen molar-refractivity contribution in [2.75, 3.05) is 148 Å². The van der Waals surface area contributed by atoms with Crippen LogP contribution < -0.4 is 57.8 Å². The normalized spacial score (nSPS) is 17.3. The van der Waals surface area contributed by atoms with Gasteiger partial charge in [-0.15, -0.1) is 12.4 Å². The molecule has 0 unspecified atom stereocenters. The number of ether oxygens (including phenoxy) is 6. The fraction of sp³-hybridized carbons (Fsp3) is 0.626. The Morgan fingerprint density at radius 2 is 0.897 bits per heavy atom. The second-order valence-corrected chi connectivity index (χ2v) is 41.4. The second kappa shape index (κ2) is 61.8. The van der Waals surface area contributed by atoms with Crippen molar-refractivity contribution in [3.05, 3.63) is 97.0 Å². The van der Waals surface area contributed by atoms with Gasteiger partial charge >= 0.3 is 55.1 Å². The van der Waals surface area contributed by atoms with Gasteiger partial charge < -0.3 is 105 Å². The molecule has 6 aliphatic heterocycles. The highest BCUT2D eigenvalue weighted by atomic mass is 127. The number of carbonyl (C=O) groups excluding carboxylic acids is 9. The maximum Gasteiger partial charge on any atom is 0.495 e. The fourth-order valence-corrected chi connectivity index (χ4v) is 15.4. The number of nitrogens with zero attached hydrogens (tertiary/aromatic N) is 8. The largest absolute Gasteiger partial charge is 0.495 e. The lowest BCUT2D eigenvalue weighted by Gasteiger charge is -2.32. The number of ketones is 4. The van der Waals surface area contributed by atoms with Crippen LogP contribution in [0.2, 0.25) is 0 Å². The summed E-state index contributed by atoms with van der Waals surface area (Å²) < 4.78 is 134. The van der Waals surface area contributed by atoms with Gasteiger partial charge in [0.05, 0.1) is 81.6 Å². The summed E-state index contributed by atoms with van der Waals surface area (Å²) in [5, 5.41) is 25.2. The number of nitrogens with one attached hydrogen (secondary N) is 6. The summed E-state index contributed by atoms with van der Waals surface area (Å²) in [6.45, 7) is 51.7. The average molecular weight is 2320 g/mol. The molecular formula is C99H149BCl2F7I2N15O19. The van der Waals surface area contributed by atoms with E-state index in [9.17, 15) is 78.7 Å². The molecule has 2 aromatic carbocycles. The van der Waals surface area contributed by atoms with Gasteiger partial charge in [0.2, 0.25) is 5.95 Å². The number of aryl methyl sites for hydroxylation is 2. The van der Waals surface area contributed by atoms with E-state index in [0.29, 0.717) is 127 Å². The van der Waals surface area contributed by atoms with E-state index in [2.05, 4.69) is 108 Å². The number of morpholine rings is 3. The van der Waals surface area contributed by atoms with Gasteiger partial charge in [0.25, 0.3) is 0 Å². The minimum Gasteiger partial charge on any atom is -0.480 e. The van der Waals surface area contributed by atoms with Gasteiger partial charge in [-0.1, -0.05) is 59.2 Å². The van der Waals surface area contributed by atoms with Gasteiger partial charge in [0.1, 0.15) is 52.1 Å². The number of hydrogen-bond acceptors (Lipinski definition) is 27. The number of aliphatic carboxylic acids is 1. The summed E-state index contributed by atoms with van der Waals surface area (Å²) >= 11 is 9.23. The monoisotopic (exact) mass is 2320 g/mol. The lowest BCUT2D eigenvalue weighted by atomic mass is 9.76. The first-order chi connectivity index (χ1) is 66.9. The number of amides is 6. The average Bonchev–Trinajstić information content (AvgIpc) is 1.61. The third kappa shape index (κ3) is 49.8. The Morgan fingerprint density at radius 3 is 1.26 bits per heavy atom. The molecular weight excluding hydrogens is 2170 g/mol. The number of carboxylic acid groups (broad SMARTS) is 1. The van der Waals surface area contributed by atoms with Crippen LogP contribution in [-0.2, 0) is 61.7 Å². The molecule has 7 atom stereocenters. The zero-order valence-corrected chi connectivity index (χ0v) is 93.3. The predicted molar refractivity (Wildman–Crippen MR) is 569 cm³/mol. The first kappa shape index (κ1) is 130. The molecule has 0 bridgehead atoms. The van der Waals surface area contributed by atoms with E-state index < -0.39 is 126 Å². The van der Waals surface area contributed by atoms with E-state index in [0.717, 1.165) is 91.7 Å². The number of alkyl halides is 6. The van der Waals surface area contributed by atoms with E-state index in [1.54, 1.807) is 80.5 Å². The van der Waals surface area contributed by atoms with Crippen LogP contribution >= 0.6 is 69.2 Å². The van der Waals surface area contributed by atoms with Gasteiger partial charge in [-0.3, -0.25) is 24.0 Å². The quantitative estimate of drug-likeness (QED) is 0.00636. The van der Waals surface area contributed by atoms with Gasteiger partial charge in [-0.05, 0) is 270 Å². The minimum atomic E-state index is -4.23. The number of alkyl carbamates (subject to hydrolysis) is 2. The SMILES string of the molecule is CC(C)COC(=O)Cl.CCC(=O)[C@@H](C)N.CCC(=O)[C@@H](C)NC(=O)OC(C)(C)C.CCC(=O)[C@@H](C)Nc1cc(-c2cc(NC(=O)N3CC[C@@H](CC(F)(F)F)C3)ccc2C)cc(N2CCOCC2)n1.CCC(=O)[C@@H](C)Nc1cc(I)cc(N2CCOCC2)n1.C[C@@H](NC(=O)OC(C)(C)C)C(=O)O.Cc1ccc(NC(=O)N2CC[C@@H](CC(F)(F)F)C2)cc1B1OC(C)(C)C(C)(C)O1.Cl.Fc1cc(I)cc(N2CCOCC2)n1. The zero-order valence-electron chi connectivity index (χ0n) is 87.4. The van der Waals surface area contributed by atoms with Crippen molar-refractivity contribution >= 4 is 181 Å². The van der Waals surface area contributed by atoms with Crippen LogP contribution in [-0.4, -0.2) is 272 Å². The number of hydrogen-bond donors (Lipinski definition) is 8. The molecule has 46 heteroatoms. The van der Waals surface area contributed by atoms with Crippen molar-refractivity contribution in [1.29, 1.82) is 0 Å². The maximum atomic E-state index is 13.0. The third-order valence-electron chi connectivity index (χ3n) is 22.8. The van der Waals surface area contributed by atoms with Gasteiger partial charge in [-0.25, -0.2) is 38.9 Å². The van der Waals surface area contributed by atoms with Crippen LogP contribution in [0.4, 0.5) is 95.2 Å². The molecule has 0 spiro atoms. The Labute approximate surface area is 886 Å². The minimum absolute atomic E-state index is 0. The van der Waals surface area contributed by atoms with Crippen LogP contribution in [0.15, 0.2) is 72.8 Å². The number of Topliss-reactive ketones (excluding diaryl/α,β-unsaturated/α-hetero) is 4. The Morgan fingerprint density at radius 1 is 0.524 bits per heavy atom. The summed E-state index contributed by atoms with van der Waals surface area (Å²) in [7, 11) is -0.556. The number of anilines is 7. The molecule has 0 radical (unpaired) electrons. The van der Waals surface area contributed by atoms with E-state index in [4.69, 9.17) is 60.4 Å². The van der Waals surface area contributed by atoms with E-state index >= 15 is 0 Å². The highest BCUT2D eigenvalue weighted by molar-refractivity contribution is 14.1. The van der Waals surface area contributed by atoms with Crippen LogP contribution in [0.1, 0.15) is 208 Å². The number of likely N-dealkylation sites (tertiary alicyclic amines) is 2. The number of pyridine rings is 3. The third-order valence-corrected chi connectivity index (χ3v) is 24.2. The number of carboxylic acids is 1. The zero-order chi connectivity index (χ0) is 109. The summed E-state index contributed by atoms with van der Waals surface area (Å²) in [6, 6.07) is 19.1. The number of halogens is 11.